The molecule has 0 aliphatic rings. The van der Waals surface area contributed by atoms with Crippen LogP contribution in [-0.2, 0) is 0 Å². The van der Waals surface area contributed by atoms with Crippen molar-refractivity contribution in [1.82, 2.24) is 4.90 Å². The summed E-state index contributed by atoms with van der Waals surface area (Å²) in [5.41, 5.74) is 0.443. The van der Waals surface area contributed by atoms with Gasteiger partial charge in [-0.05, 0) is 19.9 Å². The zero-order valence-corrected chi connectivity index (χ0v) is 11.1. The number of rotatable bonds is 6. The number of hydrogen-bond acceptors (Lipinski definition) is 2. The Morgan fingerprint density at radius 1 is 1.26 bits per heavy atom. The minimum Gasteiger partial charge on any atom is -0.292 e. The number of nitrogens with zero attached hydrogens (tertiary/aromatic N) is 1. The van der Waals surface area contributed by atoms with Crippen molar-refractivity contribution in [3.05, 3.63) is 35.9 Å². The van der Waals surface area contributed by atoms with E-state index in [2.05, 4.69) is 0 Å². The van der Waals surface area contributed by atoms with Crippen LogP contribution in [0.15, 0.2) is 30.3 Å². The Labute approximate surface area is 111 Å². The minimum atomic E-state index is -4.29. The van der Waals surface area contributed by atoms with Crippen molar-refractivity contribution in [2.75, 3.05) is 13.1 Å². The van der Waals surface area contributed by atoms with Gasteiger partial charge in [0.05, 0.1) is 12.6 Å². The number of Topliss-reactive ketones (excluding diaryl/α,β-unsaturated/α-hetero) is 1. The number of carbonyl (C=O) groups excluding carboxylic acids is 1. The molecule has 106 valence electrons. The highest BCUT2D eigenvalue weighted by Crippen LogP contribution is 2.19. The Bertz CT molecular complexity index is 403. The molecule has 0 N–H and O–H groups in total. The van der Waals surface area contributed by atoms with Crippen molar-refractivity contribution in [3.8, 4) is 0 Å². The van der Waals surface area contributed by atoms with E-state index >= 15 is 0 Å². The lowest BCUT2D eigenvalue weighted by atomic mass is 10.0. The van der Waals surface area contributed by atoms with Crippen LogP contribution in [0.25, 0.3) is 0 Å². The second kappa shape index (κ2) is 6.70. The Morgan fingerprint density at radius 3 is 2.32 bits per heavy atom. The van der Waals surface area contributed by atoms with Gasteiger partial charge in [0.2, 0.25) is 0 Å². The maximum absolute atomic E-state index is 12.5. The maximum atomic E-state index is 12.5. The molecule has 0 amide bonds. The third-order valence-electron chi connectivity index (χ3n) is 2.88. The Balaban J connectivity index is 2.81. The standard InChI is InChI=1S/C14H18F3NO/c1-3-9-18(10-14(15,16)17)11(2)13(19)12-7-5-4-6-8-12/h4-8,11H,3,9-10H2,1-2H3. The Hall–Kier alpha value is -1.36. The average molecular weight is 273 g/mol. The largest absolute Gasteiger partial charge is 0.401 e. The first kappa shape index (κ1) is 15.7. The van der Waals surface area contributed by atoms with Gasteiger partial charge in [-0.25, -0.2) is 0 Å². The van der Waals surface area contributed by atoms with Crippen LogP contribution in [0, 0.1) is 0 Å². The SMILES string of the molecule is CCCN(CC(F)(F)F)C(C)C(=O)c1ccccc1. The van der Waals surface area contributed by atoms with E-state index in [0.29, 0.717) is 12.0 Å². The zero-order chi connectivity index (χ0) is 14.5. The Morgan fingerprint density at radius 2 is 1.84 bits per heavy atom. The van der Waals surface area contributed by atoms with Gasteiger partial charge in [-0.2, -0.15) is 13.2 Å². The van der Waals surface area contributed by atoms with Gasteiger partial charge in [-0.15, -0.1) is 0 Å². The molecular formula is C14H18F3NO. The first-order valence-electron chi connectivity index (χ1n) is 6.25. The lowest BCUT2D eigenvalue weighted by molar-refractivity contribution is -0.148. The van der Waals surface area contributed by atoms with Crippen LogP contribution in [0.3, 0.4) is 0 Å². The molecule has 0 fully saturated rings. The van der Waals surface area contributed by atoms with Crippen LogP contribution in [0.5, 0.6) is 0 Å². The molecule has 19 heavy (non-hydrogen) atoms. The molecule has 1 aromatic rings. The molecular weight excluding hydrogens is 255 g/mol. The molecule has 0 bridgehead atoms. The van der Waals surface area contributed by atoms with Crippen LogP contribution >= 0.6 is 0 Å². The van der Waals surface area contributed by atoms with E-state index in [1.165, 1.54) is 11.8 Å². The highest BCUT2D eigenvalue weighted by Gasteiger charge is 2.34. The quantitative estimate of drug-likeness (QED) is 0.739. The van der Waals surface area contributed by atoms with E-state index in [0.717, 1.165) is 0 Å². The van der Waals surface area contributed by atoms with Crippen LogP contribution in [0.2, 0.25) is 0 Å². The van der Waals surface area contributed by atoms with Gasteiger partial charge in [-0.3, -0.25) is 9.69 Å². The number of hydrogen-bond donors (Lipinski definition) is 0. The molecule has 1 aromatic carbocycles. The van der Waals surface area contributed by atoms with Gasteiger partial charge in [0.25, 0.3) is 0 Å². The third-order valence-corrected chi connectivity index (χ3v) is 2.88. The fourth-order valence-electron chi connectivity index (χ4n) is 1.94. The number of halogens is 3. The summed E-state index contributed by atoms with van der Waals surface area (Å²) in [6, 6.07) is 7.64. The second-order valence-electron chi connectivity index (χ2n) is 4.49. The molecule has 0 aromatic heterocycles. The number of carbonyl (C=O) groups is 1. The van der Waals surface area contributed by atoms with Gasteiger partial charge >= 0.3 is 6.18 Å². The summed E-state index contributed by atoms with van der Waals surface area (Å²) in [5.74, 6) is -0.279. The van der Waals surface area contributed by atoms with Crippen molar-refractivity contribution in [1.29, 1.82) is 0 Å². The van der Waals surface area contributed by atoms with Crippen LogP contribution in [-0.4, -0.2) is 36.0 Å². The van der Waals surface area contributed by atoms with Gasteiger partial charge < -0.3 is 0 Å². The van der Waals surface area contributed by atoms with Crippen molar-refractivity contribution < 1.29 is 18.0 Å². The summed E-state index contributed by atoms with van der Waals surface area (Å²) < 4.78 is 37.5. The number of alkyl halides is 3. The molecule has 1 atom stereocenters. The first-order valence-corrected chi connectivity index (χ1v) is 6.25. The summed E-state index contributed by atoms with van der Waals surface area (Å²) in [6.07, 6.45) is -3.72. The maximum Gasteiger partial charge on any atom is 0.401 e. The fourth-order valence-corrected chi connectivity index (χ4v) is 1.94. The molecule has 0 radical (unpaired) electrons. The van der Waals surface area contributed by atoms with Gasteiger partial charge in [0.15, 0.2) is 5.78 Å². The summed E-state index contributed by atoms with van der Waals surface area (Å²) in [6.45, 7) is 2.51. The summed E-state index contributed by atoms with van der Waals surface area (Å²) in [4.78, 5) is 13.3. The Kier molecular flexibility index (Phi) is 5.54. The average Bonchev–Trinajstić information content (AvgIpc) is 2.36. The summed E-state index contributed by atoms with van der Waals surface area (Å²) in [7, 11) is 0. The smallest absolute Gasteiger partial charge is 0.292 e. The number of benzene rings is 1. The van der Waals surface area contributed by atoms with Crippen LogP contribution < -0.4 is 0 Å². The van der Waals surface area contributed by atoms with E-state index in [-0.39, 0.29) is 12.3 Å². The molecule has 0 aliphatic carbocycles. The minimum absolute atomic E-state index is 0.249. The van der Waals surface area contributed by atoms with Crippen molar-refractivity contribution in [2.45, 2.75) is 32.5 Å². The molecule has 5 heteroatoms. The molecule has 0 heterocycles. The predicted octanol–water partition coefficient (Wildman–Crippen LogP) is 3.53. The first-order chi connectivity index (χ1) is 8.85. The lowest BCUT2D eigenvalue weighted by Gasteiger charge is -2.28. The van der Waals surface area contributed by atoms with Gasteiger partial charge in [0.1, 0.15) is 0 Å². The van der Waals surface area contributed by atoms with E-state index < -0.39 is 18.8 Å². The van der Waals surface area contributed by atoms with Crippen LogP contribution in [0.1, 0.15) is 30.6 Å². The molecule has 0 saturated heterocycles. The van der Waals surface area contributed by atoms with Gasteiger partial charge in [-0.1, -0.05) is 37.3 Å². The number of ketones is 1. The van der Waals surface area contributed by atoms with Crippen LogP contribution in [0.4, 0.5) is 13.2 Å². The summed E-state index contributed by atoms with van der Waals surface area (Å²) >= 11 is 0. The molecule has 1 unspecified atom stereocenters. The molecule has 0 spiro atoms. The molecule has 0 aliphatic heterocycles. The molecule has 2 nitrogen and oxygen atoms in total. The summed E-state index contributed by atoms with van der Waals surface area (Å²) in [5, 5.41) is 0. The van der Waals surface area contributed by atoms with Crippen molar-refractivity contribution >= 4 is 5.78 Å². The van der Waals surface area contributed by atoms with E-state index in [4.69, 9.17) is 0 Å². The van der Waals surface area contributed by atoms with E-state index in [1.807, 2.05) is 0 Å². The fraction of sp³-hybridized carbons (Fsp3) is 0.500. The normalized spacial score (nSPS) is 13.6. The zero-order valence-electron chi connectivity index (χ0n) is 11.1. The molecule has 1 rings (SSSR count). The second-order valence-corrected chi connectivity index (χ2v) is 4.49. The highest BCUT2D eigenvalue weighted by atomic mass is 19.4. The highest BCUT2D eigenvalue weighted by molar-refractivity contribution is 5.99. The van der Waals surface area contributed by atoms with E-state index in [1.54, 1.807) is 37.3 Å². The third kappa shape index (κ3) is 5.03. The van der Waals surface area contributed by atoms with Crippen molar-refractivity contribution in [2.24, 2.45) is 0 Å². The molecule has 0 saturated carbocycles. The topological polar surface area (TPSA) is 20.3 Å². The predicted molar refractivity (Wildman–Crippen MR) is 68.2 cm³/mol. The van der Waals surface area contributed by atoms with E-state index in [9.17, 15) is 18.0 Å². The van der Waals surface area contributed by atoms with Crippen molar-refractivity contribution in [3.63, 3.8) is 0 Å². The van der Waals surface area contributed by atoms with Gasteiger partial charge in [0, 0.05) is 5.56 Å². The lowest BCUT2D eigenvalue weighted by Crippen LogP contribution is -2.44. The monoisotopic (exact) mass is 273 g/mol.